The third-order valence-electron chi connectivity index (χ3n) is 2.72. The molecule has 7 heteroatoms. The van der Waals surface area contributed by atoms with Crippen molar-refractivity contribution in [1.29, 1.82) is 0 Å². The molecule has 1 spiro atoms. The SMILES string of the molecule is CC.Clc1nc(Cl)nc(N2CC3(COC3)C2)n1. The van der Waals surface area contributed by atoms with Crippen molar-refractivity contribution in [3.63, 3.8) is 0 Å². The van der Waals surface area contributed by atoms with E-state index in [1.54, 1.807) is 0 Å². The molecule has 0 bridgehead atoms. The predicted molar refractivity (Wildman–Crippen MR) is 66.7 cm³/mol. The molecule has 2 saturated heterocycles. The molecule has 5 nitrogen and oxygen atoms in total. The van der Waals surface area contributed by atoms with E-state index in [9.17, 15) is 0 Å². The van der Waals surface area contributed by atoms with Crippen molar-refractivity contribution in [2.24, 2.45) is 5.41 Å². The fourth-order valence-electron chi connectivity index (χ4n) is 1.94. The Morgan fingerprint density at radius 3 is 2.00 bits per heavy atom. The Labute approximate surface area is 110 Å². The Kier molecular flexibility index (Phi) is 3.70. The van der Waals surface area contributed by atoms with Crippen molar-refractivity contribution < 1.29 is 4.74 Å². The van der Waals surface area contributed by atoms with Gasteiger partial charge in [0.2, 0.25) is 16.5 Å². The summed E-state index contributed by atoms with van der Waals surface area (Å²) in [4.78, 5) is 13.8. The van der Waals surface area contributed by atoms with Gasteiger partial charge in [-0.3, -0.25) is 0 Å². The quantitative estimate of drug-likeness (QED) is 0.786. The lowest BCUT2D eigenvalue weighted by molar-refractivity contribution is -0.127. The second-order valence-electron chi connectivity index (χ2n) is 4.02. The average molecular weight is 277 g/mol. The van der Waals surface area contributed by atoms with Gasteiger partial charge in [0.05, 0.1) is 18.6 Å². The fourth-order valence-corrected chi connectivity index (χ4v) is 2.29. The molecule has 1 aromatic rings. The smallest absolute Gasteiger partial charge is 0.231 e. The first-order valence-corrected chi connectivity index (χ1v) is 6.32. The van der Waals surface area contributed by atoms with Gasteiger partial charge in [-0.2, -0.15) is 15.0 Å². The van der Waals surface area contributed by atoms with Gasteiger partial charge in [-0.05, 0) is 23.2 Å². The highest BCUT2D eigenvalue weighted by atomic mass is 35.5. The molecule has 0 saturated carbocycles. The maximum atomic E-state index is 5.70. The van der Waals surface area contributed by atoms with Gasteiger partial charge in [0.25, 0.3) is 0 Å². The van der Waals surface area contributed by atoms with E-state index in [-0.39, 0.29) is 10.6 Å². The molecule has 0 N–H and O–H groups in total. The molecule has 0 aliphatic carbocycles. The van der Waals surface area contributed by atoms with Crippen LogP contribution in [-0.2, 0) is 4.74 Å². The molecule has 2 aliphatic heterocycles. The van der Waals surface area contributed by atoms with Crippen LogP contribution >= 0.6 is 23.2 Å². The van der Waals surface area contributed by atoms with Crippen molar-refractivity contribution in [2.45, 2.75) is 13.8 Å². The summed E-state index contributed by atoms with van der Waals surface area (Å²) < 4.78 is 5.18. The van der Waals surface area contributed by atoms with Gasteiger partial charge in [-0.15, -0.1) is 0 Å². The van der Waals surface area contributed by atoms with Crippen LogP contribution in [0.25, 0.3) is 0 Å². The average Bonchev–Trinajstić information content (AvgIpc) is 2.14. The summed E-state index contributed by atoms with van der Waals surface area (Å²) in [6, 6.07) is 0. The van der Waals surface area contributed by atoms with E-state index in [0.29, 0.717) is 11.4 Å². The second-order valence-corrected chi connectivity index (χ2v) is 4.70. The summed E-state index contributed by atoms with van der Waals surface area (Å²) in [6.07, 6.45) is 0. The van der Waals surface area contributed by atoms with Gasteiger partial charge < -0.3 is 9.64 Å². The van der Waals surface area contributed by atoms with E-state index < -0.39 is 0 Å². The monoisotopic (exact) mass is 276 g/mol. The lowest BCUT2D eigenvalue weighted by atomic mass is 9.78. The summed E-state index contributed by atoms with van der Waals surface area (Å²) >= 11 is 11.4. The van der Waals surface area contributed by atoms with Crippen molar-refractivity contribution in [3.8, 4) is 0 Å². The Morgan fingerprint density at radius 1 is 1.06 bits per heavy atom. The number of hydrogen-bond donors (Lipinski definition) is 0. The molecule has 3 rings (SSSR count). The normalized spacial score (nSPS) is 20.1. The van der Waals surface area contributed by atoms with Gasteiger partial charge in [-0.25, -0.2) is 0 Å². The van der Waals surface area contributed by atoms with Crippen LogP contribution in [-0.4, -0.2) is 41.3 Å². The number of ether oxygens (including phenoxy) is 1. The first-order valence-electron chi connectivity index (χ1n) is 5.57. The third-order valence-corrected chi connectivity index (χ3v) is 3.06. The molecule has 2 aliphatic rings. The highest BCUT2D eigenvalue weighted by Gasteiger charge is 2.50. The minimum atomic E-state index is 0.135. The van der Waals surface area contributed by atoms with Gasteiger partial charge in [0.1, 0.15) is 0 Å². The van der Waals surface area contributed by atoms with Crippen LogP contribution in [0.1, 0.15) is 13.8 Å². The number of hydrogen-bond acceptors (Lipinski definition) is 5. The van der Waals surface area contributed by atoms with E-state index in [4.69, 9.17) is 27.9 Å². The van der Waals surface area contributed by atoms with Crippen LogP contribution in [0.2, 0.25) is 10.6 Å². The first-order chi connectivity index (χ1) is 8.17. The zero-order chi connectivity index (χ0) is 12.5. The summed E-state index contributed by atoms with van der Waals surface area (Å²) in [5.41, 5.74) is 0.325. The molecular weight excluding hydrogens is 263 g/mol. The molecule has 0 radical (unpaired) electrons. The van der Waals surface area contributed by atoms with Gasteiger partial charge in [0, 0.05) is 13.1 Å². The lowest BCUT2D eigenvalue weighted by Crippen LogP contribution is -2.66. The maximum absolute atomic E-state index is 5.70. The molecule has 0 atom stereocenters. The highest BCUT2D eigenvalue weighted by Crippen LogP contribution is 2.39. The summed E-state index contributed by atoms with van der Waals surface area (Å²) in [6.45, 7) is 7.47. The zero-order valence-electron chi connectivity index (χ0n) is 9.78. The second kappa shape index (κ2) is 4.92. The van der Waals surface area contributed by atoms with Crippen LogP contribution in [0.5, 0.6) is 0 Å². The molecule has 2 fully saturated rings. The van der Waals surface area contributed by atoms with Gasteiger partial charge in [-0.1, -0.05) is 13.8 Å². The first kappa shape index (κ1) is 12.8. The van der Waals surface area contributed by atoms with Gasteiger partial charge in [0.15, 0.2) is 0 Å². The van der Waals surface area contributed by atoms with Gasteiger partial charge >= 0.3 is 0 Å². The topological polar surface area (TPSA) is 51.1 Å². The van der Waals surface area contributed by atoms with Crippen LogP contribution in [0.3, 0.4) is 0 Å². The molecule has 94 valence electrons. The van der Waals surface area contributed by atoms with E-state index in [1.807, 2.05) is 18.7 Å². The van der Waals surface area contributed by atoms with Crippen molar-refractivity contribution >= 4 is 29.2 Å². The molecule has 0 unspecified atom stereocenters. The number of aromatic nitrogens is 3. The molecular formula is C10H14Cl2N4O. The Hall–Kier alpha value is -0.650. The number of halogens is 2. The molecule has 3 heterocycles. The Bertz CT molecular complexity index is 383. The minimum Gasteiger partial charge on any atom is -0.380 e. The Morgan fingerprint density at radius 2 is 1.59 bits per heavy atom. The number of nitrogens with zero attached hydrogens (tertiary/aromatic N) is 4. The molecule has 1 aromatic heterocycles. The van der Waals surface area contributed by atoms with E-state index >= 15 is 0 Å². The highest BCUT2D eigenvalue weighted by molar-refractivity contribution is 6.31. The third kappa shape index (κ3) is 2.46. The van der Waals surface area contributed by atoms with E-state index in [0.717, 1.165) is 26.3 Å². The van der Waals surface area contributed by atoms with Crippen LogP contribution in [0, 0.1) is 5.41 Å². The Balaban J connectivity index is 0.000000514. The van der Waals surface area contributed by atoms with Crippen LogP contribution in [0.4, 0.5) is 5.95 Å². The van der Waals surface area contributed by atoms with Crippen LogP contribution < -0.4 is 4.90 Å². The fraction of sp³-hybridized carbons (Fsp3) is 0.700. The number of anilines is 1. The lowest BCUT2D eigenvalue weighted by Gasteiger charge is -2.54. The number of rotatable bonds is 1. The summed E-state index contributed by atoms with van der Waals surface area (Å²) in [5.74, 6) is 0.553. The van der Waals surface area contributed by atoms with E-state index in [1.165, 1.54) is 0 Å². The van der Waals surface area contributed by atoms with E-state index in [2.05, 4.69) is 15.0 Å². The zero-order valence-corrected chi connectivity index (χ0v) is 11.3. The molecule has 0 aromatic carbocycles. The molecule has 0 amide bonds. The standard InChI is InChI=1S/C8H8Cl2N4O.C2H6/c9-5-11-6(10)13-7(12-5)14-1-8(2-14)3-15-4-8;1-2/h1-4H2;1-2H3. The minimum absolute atomic E-state index is 0.135. The summed E-state index contributed by atoms with van der Waals surface area (Å²) in [5, 5.41) is 0.270. The summed E-state index contributed by atoms with van der Waals surface area (Å²) in [7, 11) is 0. The largest absolute Gasteiger partial charge is 0.380 e. The maximum Gasteiger partial charge on any atom is 0.231 e. The van der Waals surface area contributed by atoms with Crippen molar-refractivity contribution in [2.75, 3.05) is 31.2 Å². The van der Waals surface area contributed by atoms with Crippen LogP contribution in [0.15, 0.2) is 0 Å². The van der Waals surface area contributed by atoms with Crippen molar-refractivity contribution in [3.05, 3.63) is 10.6 Å². The molecule has 17 heavy (non-hydrogen) atoms. The van der Waals surface area contributed by atoms with Crippen molar-refractivity contribution in [1.82, 2.24) is 15.0 Å². The predicted octanol–water partition coefficient (Wildman–Crippen LogP) is 2.04.